The summed E-state index contributed by atoms with van der Waals surface area (Å²) in [5.74, 6) is 6.17. The minimum atomic E-state index is -0.342. The zero-order valence-electron chi connectivity index (χ0n) is 14.5. The number of nitrogens with two attached hydrogens (primary N) is 1. The summed E-state index contributed by atoms with van der Waals surface area (Å²) < 4.78 is 14.3. The number of thioether (sulfide) groups is 1. The molecular formula is C18H17ClFN5OS. The predicted octanol–water partition coefficient (Wildman–Crippen LogP) is 3.20. The number of aromatic nitrogens is 3. The number of hydrogen-bond acceptors (Lipinski definition) is 5. The van der Waals surface area contributed by atoms with Gasteiger partial charge in [-0.05, 0) is 42.0 Å². The maximum atomic E-state index is 13.0. The van der Waals surface area contributed by atoms with Crippen molar-refractivity contribution in [2.24, 2.45) is 0 Å². The highest BCUT2D eigenvalue weighted by molar-refractivity contribution is 7.99. The molecule has 0 saturated carbocycles. The number of nitrogen functional groups attached to an aromatic ring is 1. The fraction of sp³-hybridized carbons (Fsp3) is 0.167. The van der Waals surface area contributed by atoms with Gasteiger partial charge in [0.2, 0.25) is 11.1 Å². The predicted molar refractivity (Wildman–Crippen MR) is 104 cm³/mol. The first-order valence-electron chi connectivity index (χ1n) is 8.01. The van der Waals surface area contributed by atoms with E-state index in [0.29, 0.717) is 28.1 Å². The fourth-order valence-electron chi connectivity index (χ4n) is 2.36. The van der Waals surface area contributed by atoms with Crippen LogP contribution in [0.3, 0.4) is 0 Å². The summed E-state index contributed by atoms with van der Waals surface area (Å²) in [5, 5.41) is 9.09. The Bertz CT molecular complexity index is 930. The maximum Gasteiger partial charge on any atom is 0.233 e. The number of hydrogen-bond donors (Lipinski definition) is 1. The molecule has 9 heteroatoms. The van der Waals surface area contributed by atoms with Gasteiger partial charge in [-0.1, -0.05) is 35.5 Å². The second kappa shape index (κ2) is 8.41. The summed E-state index contributed by atoms with van der Waals surface area (Å²) in [4.78, 5) is 14.0. The lowest BCUT2D eigenvalue weighted by atomic mass is 10.2. The highest BCUT2D eigenvalue weighted by Gasteiger charge is 2.16. The van der Waals surface area contributed by atoms with Gasteiger partial charge in [0.25, 0.3) is 0 Å². The van der Waals surface area contributed by atoms with Crippen molar-refractivity contribution in [2.75, 3.05) is 18.6 Å². The van der Waals surface area contributed by atoms with Crippen LogP contribution in [0, 0.1) is 5.82 Å². The molecule has 0 spiro atoms. The van der Waals surface area contributed by atoms with E-state index in [1.807, 2.05) is 12.1 Å². The summed E-state index contributed by atoms with van der Waals surface area (Å²) in [7, 11) is 1.73. The van der Waals surface area contributed by atoms with Crippen molar-refractivity contribution in [3.8, 4) is 11.4 Å². The van der Waals surface area contributed by atoms with Crippen LogP contribution in [-0.2, 0) is 11.3 Å². The van der Waals surface area contributed by atoms with Crippen LogP contribution in [-0.4, -0.2) is 38.5 Å². The van der Waals surface area contributed by atoms with E-state index < -0.39 is 0 Å². The van der Waals surface area contributed by atoms with Gasteiger partial charge in [-0.2, -0.15) is 0 Å². The van der Waals surface area contributed by atoms with Gasteiger partial charge >= 0.3 is 0 Å². The smallest absolute Gasteiger partial charge is 0.233 e. The number of nitrogens with zero attached hydrogens (tertiary/aromatic N) is 4. The molecule has 0 saturated heterocycles. The molecule has 0 atom stereocenters. The van der Waals surface area contributed by atoms with Crippen molar-refractivity contribution >= 4 is 29.3 Å². The van der Waals surface area contributed by atoms with Crippen molar-refractivity contribution in [2.45, 2.75) is 11.7 Å². The first-order chi connectivity index (χ1) is 12.9. The van der Waals surface area contributed by atoms with Crippen LogP contribution in [0.25, 0.3) is 11.4 Å². The number of halogens is 2. The van der Waals surface area contributed by atoms with Crippen molar-refractivity contribution in [3.63, 3.8) is 0 Å². The number of carbonyl (C=O) groups is 1. The molecule has 140 valence electrons. The van der Waals surface area contributed by atoms with Crippen molar-refractivity contribution in [3.05, 3.63) is 64.9 Å². The summed E-state index contributed by atoms with van der Waals surface area (Å²) in [6.45, 7) is 0.479. The van der Waals surface area contributed by atoms with Gasteiger partial charge in [0.1, 0.15) is 5.82 Å². The quantitative estimate of drug-likeness (QED) is 0.503. The summed E-state index contributed by atoms with van der Waals surface area (Å²) in [6, 6.07) is 13.1. The Kier molecular flexibility index (Phi) is 5.98. The monoisotopic (exact) mass is 405 g/mol. The molecule has 0 aliphatic heterocycles. The van der Waals surface area contributed by atoms with E-state index in [2.05, 4.69) is 10.2 Å². The molecule has 0 aliphatic rings. The molecule has 0 bridgehead atoms. The van der Waals surface area contributed by atoms with Gasteiger partial charge in [-0.3, -0.25) is 4.79 Å². The van der Waals surface area contributed by atoms with Crippen LogP contribution in [0.1, 0.15) is 5.56 Å². The van der Waals surface area contributed by atoms with Crippen LogP contribution < -0.4 is 5.84 Å². The first kappa shape index (κ1) is 19.2. The Morgan fingerprint density at radius 1 is 1.19 bits per heavy atom. The number of benzene rings is 2. The first-order valence-corrected chi connectivity index (χ1v) is 9.38. The topological polar surface area (TPSA) is 77.0 Å². The molecule has 3 aromatic rings. The third-order valence-electron chi connectivity index (χ3n) is 3.85. The number of carbonyl (C=O) groups excluding carboxylic acids is 1. The Morgan fingerprint density at radius 2 is 1.85 bits per heavy atom. The maximum absolute atomic E-state index is 13.0. The molecule has 6 nitrogen and oxygen atoms in total. The zero-order chi connectivity index (χ0) is 19.4. The van der Waals surface area contributed by atoms with Gasteiger partial charge < -0.3 is 10.7 Å². The molecule has 1 heterocycles. The van der Waals surface area contributed by atoms with Crippen LogP contribution in [0.15, 0.2) is 53.7 Å². The minimum Gasteiger partial charge on any atom is -0.341 e. The van der Waals surface area contributed by atoms with Crippen molar-refractivity contribution in [1.29, 1.82) is 0 Å². The molecule has 0 aliphatic carbocycles. The third kappa shape index (κ3) is 4.78. The third-order valence-corrected chi connectivity index (χ3v) is 5.03. The fourth-order valence-corrected chi connectivity index (χ4v) is 3.28. The molecule has 27 heavy (non-hydrogen) atoms. The van der Waals surface area contributed by atoms with Crippen LogP contribution in [0.2, 0.25) is 5.02 Å². The Morgan fingerprint density at radius 3 is 2.52 bits per heavy atom. The van der Waals surface area contributed by atoms with E-state index in [1.165, 1.54) is 28.6 Å². The SMILES string of the molecule is CN(Cc1ccc(Cl)cc1)C(=O)CSc1nnc(-c2ccc(F)cc2)n1N. The lowest BCUT2D eigenvalue weighted by Gasteiger charge is -2.17. The number of rotatable bonds is 6. The lowest BCUT2D eigenvalue weighted by molar-refractivity contribution is -0.127. The summed E-state index contributed by atoms with van der Waals surface area (Å²) in [5.41, 5.74) is 1.63. The van der Waals surface area contributed by atoms with Crippen LogP contribution in [0.5, 0.6) is 0 Å². The summed E-state index contributed by atoms with van der Waals surface area (Å²) in [6.07, 6.45) is 0. The second-order valence-electron chi connectivity index (χ2n) is 5.85. The zero-order valence-corrected chi connectivity index (χ0v) is 16.0. The molecule has 1 aromatic heterocycles. The minimum absolute atomic E-state index is 0.0683. The van der Waals surface area contributed by atoms with E-state index in [9.17, 15) is 9.18 Å². The molecule has 0 radical (unpaired) electrons. The molecule has 0 fully saturated rings. The van der Waals surface area contributed by atoms with Gasteiger partial charge in [0.15, 0.2) is 5.82 Å². The second-order valence-corrected chi connectivity index (χ2v) is 7.23. The lowest BCUT2D eigenvalue weighted by Crippen LogP contribution is -2.28. The summed E-state index contributed by atoms with van der Waals surface area (Å²) >= 11 is 7.06. The molecule has 2 N–H and O–H groups in total. The van der Waals surface area contributed by atoms with E-state index in [0.717, 1.165) is 5.56 Å². The molecule has 1 amide bonds. The van der Waals surface area contributed by atoms with Gasteiger partial charge in [-0.15, -0.1) is 10.2 Å². The molecule has 0 unspecified atom stereocenters. The van der Waals surface area contributed by atoms with E-state index in [-0.39, 0.29) is 17.5 Å². The molecular weight excluding hydrogens is 389 g/mol. The van der Waals surface area contributed by atoms with E-state index >= 15 is 0 Å². The average Bonchev–Trinajstić information content (AvgIpc) is 3.03. The normalized spacial score (nSPS) is 10.8. The number of amides is 1. The van der Waals surface area contributed by atoms with Crippen LogP contribution in [0.4, 0.5) is 4.39 Å². The Balaban J connectivity index is 1.60. The molecule has 2 aromatic carbocycles. The van der Waals surface area contributed by atoms with Crippen LogP contribution >= 0.6 is 23.4 Å². The largest absolute Gasteiger partial charge is 0.341 e. The van der Waals surface area contributed by atoms with Gasteiger partial charge in [-0.25, -0.2) is 9.07 Å². The highest BCUT2D eigenvalue weighted by Crippen LogP contribution is 2.22. The van der Waals surface area contributed by atoms with E-state index in [1.54, 1.807) is 36.2 Å². The van der Waals surface area contributed by atoms with Crippen molar-refractivity contribution in [1.82, 2.24) is 19.8 Å². The average molecular weight is 406 g/mol. The highest BCUT2D eigenvalue weighted by atomic mass is 35.5. The van der Waals surface area contributed by atoms with Crippen molar-refractivity contribution < 1.29 is 9.18 Å². The molecule has 3 rings (SSSR count). The van der Waals surface area contributed by atoms with E-state index in [4.69, 9.17) is 17.4 Å². The van der Waals surface area contributed by atoms with Gasteiger partial charge in [0, 0.05) is 24.2 Å². The Labute approximate surface area is 165 Å². The standard InChI is InChI=1S/C18H17ClFN5OS/c1-24(10-12-2-6-14(19)7-3-12)16(26)11-27-18-23-22-17(25(18)21)13-4-8-15(20)9-5-13/h2-9H,10-11,21H2,1H3. The Hall–Kier alpha value is -2.58. The van der Waals surface area contributed by atoms with Gasteiger partial charge in [0.05, 0.1) is 5.75 Å².